The fourth-order valence-corrected chi connectivity index (χ4v) is 2.96. The second kappa shape index (κ2) is 7.90. The van der Waals surface area contributed by atoms with E-state index in [1.807, 2.05) is 7.05 Å². The molecular weight excluding hydrogens is 276 g/mol. The average Bonchev–Trinajstić information content (AvgIpc) is 2.45. The van der Waals surface area contributed by atoms with Crippen LogP contribution < -0.4 is 10.1 Å². The predicted octanol–water partition coefficient (Wildman–Crippen LogP) is 0.929. The van der Waals surface area contributed by atoms with E-state index < -0.39 is 10.0 Å². The van der Waals surface area contributed by atoms with Crippen molar-refractivity contribution in [3.63, 3.8) is 0 Å². The Morgan fingerprint density at radius 1 is 1.35 bits per heavy atom. The Kier molecular flexibility index (Phi) is 6.52. The Hall–Kier alpha value is -1.55. The molecule has 0 saturated heterocycles. The van der Waals surface area contributed by atoms with E-state index in [9.17, 15) is 8.42 Å². The Labute approximate surface area is 121 Å². The van der Waals surface area contributed by atoms with Crippen LogP contribution in [0.15, 0.2) is 29.2 Å². The maximum Gasteiger partial charge on any atom is 0.243 e. The van der Waals surface area contributed by atoms with E-state index in [0.717, 1.165) is 6.54 Å². The Morgan fingerprint density at radius 2 is 2.00 bits per heavy atom. The van der Waals surface area contributed by atoms with Gasteiger partial charge < -0.3 is 10.1 Å². The molecule has 20 heavy (non-hydrogen) atoms. The summed E-state index contributed by atoms with van der Waals surface area (Å²) in [6.07, 6.45) is 5.19. The highest BCUT2D eigenvalue weighted by molar-refractivity contribution is 7.89. The molecule has 1 N–H and O–H groups in total. The number of hydrogen-bond acceptors (Lipinski definition) is 4. The molecule has 1 rings (SSSR count). The van der Waals surface area contributed by atoms with Crippen LogP contribution in [-0.4, -0.2) is 46.0 Å². The fraction of sp³-hybridized carbons (Fsp3) is 0.429. The molecule has 0 unspecified atom stereocenters. The van der Waals surface area contributed by atoms with Gasteiger partial charge in [-0.3, -0.25) is 0 Å². The summed E-state index contributed by atoms with van der Waals surface area (Å²) in [6.45, 7) is 3.42. The lowest BCUT2D eigenvalue weighted by atomic mass is 10.3. The number of nitrogens with one attached hydrogen (secondary N) is 1. The maximum atomic E-state index is 12.3. The van der Waals surface area contributed by atoms with Crippen molar-refractivity contribution in [3.05, 3.63) is 24.3 Å². The maximum absolute atomic E-state index is 12.3. The first-order chi connectivity index (χ1) is 9.56. The quantitative estimate of drug-likeness (QED) is 0.573. The van der Waals surface area contributed by atoms with Crippen molar-refractivity contribution in [1.29, 1.82) is 0 Å². The van der Waals surface area contributed by atoms with Gasteiger partial charge in [0.1, 0.15) is 12.4 Å². The summed E-state index contributed by atoms with van der Waals surface area (Å²) in [6, 6.07) is 6.35. The van der Waals surface area contributed by atoms with Crippen molar-refractivity contribution in [2.45, 2.75) is 11.8 Å². The van der Waals surface area contributed by atoms with Crippen LogP contribution in [0, 0.1) is 12.3 Å². The topological polar surface area (TPSA) is 58.6 Å². The van der Waals surface area contributed by atoms with Gasteiger partial charge in [0.05, 0.1) is 11.4 Å². The molecule has 0 radical (unpaired) electrons. The number of hydrogen-bond donors (Lipinski definition) is 1. The van der Waals surface area contributed by atoms with E-state index in [0.29, 0.717) is 18.9 Å². The Bertz CT molecular complexity index is 547. The molecule has 1 aromatic carbocycles. The van der Waals surface area contributed by atoms with Crippen LogP contribution in [0.5, 0.6) is 5.75 Å². The largest absolute Gasteiger partial charge is 0.492 e. The van der Waals surface area contributed by atoms with Crippen LogP contribution in [0.3, 0.4) is 0 Å². The fourth-order valence-electron chi connectivity index (χ4n) is 1.60. The van der Waals surface area contributed by atoms with Crippen molar-refractivity contribution in [2.75, 3.05) is 33.3 Å². The molecule has 0 heterocycles. The van der Waals surface area contributed by atoms with Gasteiger partial charge in [-0.15, -0.1) is 6.42 Å². The molecule has 0 aromatic heterocycles. The first-order valence-electron chi connectivity index (χ1n) is 6.37. The highest BCUT2D eigenvalue weighted by Gasteiger charge is 2.21. The van der Waals surface area contributed by atoms with E-state index in [2.05, 4.69) is 11.2 Å². The van der Waals surface area contributed by atoms with E-state index in [-0.39, 0.29) is 11.4 Å². The second-order valence-electron chi connectivity index (χ2n) is 4.06. The number of sulfonamides is 1. The summed E-state index contributed by atoms with van der Waals surface area (Å²) >= 11 is 0. The molecular formula is C14H20N2O3S. The van der Waals surface area contributed by atoms with Gasteiger partial charge in [-0.05, 0) is 31.3 Å². The number of rotatable bonds is 8. The molecule has 0 bridgehead atoms. The summed E-state index contributed by atoms with van der Waals surface area (Å²) < 4.78 is 31.3. The molecule has 110 valence electrons. The molecule has 1 aromatic rings. The van der Waals surface area contributed by atoms with Gasteiger partial charge >= 0.3 is 0 Å². The van der Waals surface area contributed by atoms with Gasteiger partial charge in [-0.25, -0.2) is 8.42 Å². The Balaban J connectivity index is 2.84. The van der Waals surface area contributed by atoms with Gasteiger partial charge in [0, 0.05) is 13.1 Å². The minimum Gasteiger partial charge on any atom is -0.492 e. The summed E-state index contributed by atoms with van der Waals surface area (Å²) in [7, 11) is -1.70. The summed E-state index contributed by atoms with van der Waals surface area (Å²) in [4.78, 5) is 0.218. The van der Waals surface area contributed by atoms with E-state index in [1.165, 1.54) is 16.4 Å². The first-order valence-corrected chi connectivity index (χ1v) is 7.81. The SMILES string of the molecule is C#CCN(CC)S(=O)(=O)c1ccc(OCCNC)cc1. The van der Waals surface area contributed by atoms with Gasteiger partial charge in [0.25, 0.3) is 0 Å². The third-order valence-corrected chi connectivity index (χ3v) is 4.64. The molecule has 0 saturated carbocycles. The first kappa shape index (κ1) is 16.5. The smallest absolute Gasteiger partial charge is 0.243 e. The normalized spacial score (nSPS) is 11.3. The minimum atomic E-state index is -3.53. The van der Waals surface area contributed by atoms with Crippen LogP contribution in [0.1, 0.15) is 6.92 Å². The summed E-state index contributed by atoms with van der Waals surface area (Å²) in [5.74, 6) is 2.99. The summed E-state index contributed by atoms with van der Waals surface area (Å²) in [5, 5.41) is 2.96. The molecule has 0 aliphatic heterocycles. The van der Waals surface area contributed by atoms with Gasteiger partial charge in [0.2, 0.25) is 10.0 Å². The molecule has 0 fully saturated rings. The summed E-state index contributed by atoms with van der Waals surface area (Å²) in [5.41, 5.74) is 0. The Morgan fingerprint density at radius 3 is 2.50 bits per heavy atom. The zero-order valence-electron chi connectivity index (χ0n) is 11.8. The van der Waals surface area contributed by atoms with E-state index >= 15 is 0 Å². The van der Waals surface area contributed by atoms with Gasteiger partial charge in [-0.2, -0.15) is 4.31 Å². The molecule has 0 aliphatic carbocycles. The van der Waals surface area contributed by atoms with Crippen molar-refractivity contribution in [1.82, 2.24) is 9.62 Å². The standard InChI is InChI=1S/C14H20N2O3S/c1-4-11-16(5-2)20(17,18)14-8-6-13(7-9-14)19-12-10-15-3/h1,6-9,15H,5,10-12H2,2-3H3. The number of ether oxygens (including phenoxy) is 1. The van der Waals surface area contributed by atoms with Crippen LogP contribution in [0.4, 0.5) is 0 Å². The monoisotopic (exact) mass is 296 g/mol. The molecule has 6 heteroatoms. The van der Waals surface area contributed by atoms with Crippen LogP contribution >= 0.6 is 0 Å². The van der Waals surface area contributed by atoms with Crippen molar-refractivity contribution in [3.8, 4) is 18.1 Å². The molecule has 0 aliphatic rings. The lowest BCUT2D eigenvalue weighted by molar-refractivity contribution is 0.318. The molecule has 0 atom stereocenters. The average molecular weight is 296 g/mol. The number of terminal acetylenes is 1. The van der Waals surface area contributed by atoms with Crippen LogP contribution in [-0.2, 0) is 10.0 Å². The highest BCUT2D eigenvalue weighted by Crippen LogP contribution is 2.19. The molecule has 0 spiro atoms. The van der Waals surface area contributed by atoms with Gasteiger partial charge in [0.15, 0.2) is 0 Å². The van der Waals surface area contributed by atoms with E-state index in [1.54, 1.807) is 19.1 Å². The number of benzene rings is 1. The van der Waals surface area contributed by atoms with Crippen LogP contribution in [0.2, 0.25) is 0 Å². The number of likely N-dealkylation sites (N-methyl/N-ethyl adjacent to an activating group) is 1. The third-order valence-electron chi connectivity index (χ3n) is 2.70. The van der Waals surface area contributed by atoms with E-state index in [4.69, 9.17) is 11.2 Å². The molecule has 5 nitrogen and oxygen atoms in total. The number of nitrogens with zero attached hydrogens (tertiary/aromatic N) is 1. The predicted molar refractivity (Wildman–Crippen MR) is 79.1 cm³/mol. The van der Waals surface area contributed by atoms with Crippen LogP contribution in [0.25, 0.3) is 0 Å². The van der Waals surface area contributed by atoms with Crippen molar-refractivity contribution in [2.24, 2.45) is 0 Å². The lowest BCUT2D eigenvalue weighted by Gasteiger charge is -2.18. The zero-order valence-corrected chi connectivity index (χ0v) is 12.6. The third kappa shape index (κ3) is 4.23. The minimum absolute atomic E-state index is 0.0687. The van der Waals surface area contributed by atoms with Crippen molar-refractivity contribution >= 4 is 10.0 Å². The molecule has 0 amide bonds. The van der Waals surface area contributed by atoms with Gasteiger partial charge in [-0.1, -0.05) is 12.8 Å². The second-order valence-corrected chi connectivity index (χ2v) is 6.00. The highest BCUT2D eigenvalue weighted by atomic mass is 32.2. The lowest BCUT2D eigenvalue weighted by Crippen LogP contribution is -2.31. The zero-order chi connectivity index (χ0) is 15.0. The van der Waals surface area contributed by atoms with Crippen molar-refractivity contribution < 1.29 is 13.2 Å².